The van der Waals surface area contributed by atoms with Crippen LogP contribution < -0.4 is 0 Å². The van der Waals surface area contributed by atoms with Gasteiger partial charge in [-0.15, -0.1) is 0 Å². The molecule has 0 aromatic carbocycles. The summed E-state index contributed by atoms with van der Waals surface area (Å²) in [6.07, 6.45) is -4.46. The Kier molecular flexibility index (Phi) is 2.67. The van der Waals surface area contributed by atoms with Crippen LogP contribution in [0.1, 0.15) is 0 Å². The fraction of sp³-hybridized carbons (Fsp3) is 1.00. The second-order valence-corrected chi connectivity index (χ2v) is 2.77. The molecular formula is C6H12O6. The summed E-state index contributed by atoms with van der Waals surface area (Å²) in [5, 5.41) is 44.9. The molecule has 0 saturated carbocycles. The van der Waals surface area contributed by atoms with Crippen molar-refractivity contribution < 1.29 is 30.3 Å². The molecule has 6 nitrogen and oxygen atoms in total. The number of hydrogen-bond donors (Lipinski definition) is 5. The van der Waals surface area contributed by atoms with E-state index in [1.54, 1.807) is 0 Å². The first-order valence-corrected chi connectivity index (χ1v) is 3.53. The van der Waals surface area contributed by atoms with Crippen LogP contribution in [0.3, 0.4) is 0 Å². The Balaban J connectivity index is 2.71. The highest BCUT2D eigenvalue weighted by Gasteiger charge is 2.52. The third-order valence-electron chi connectivity index (χ3n) is 1.92. The van der Waals surface area contributed by atoms with E-state index in [0.717, 1.165) is 0 Å². The van der Waals surface area contributed by atoms with Crippen LogP contribution in [0.4, 0.5) is 0 Å². The molecule has 6 heteroatoms. The van der Waals surface area contributed by atoms with Crippen molar-refractivity contribution in [1.29, 1.82) is 0 Å². The summed E-state index contributed by atoms with van der Waals surface area (Å²) in [4.78, 5) is 0. The molecule has 0 amide bonds. The molecule has 1 fully saturated rings. The Morgan fingerprint density at radius 2 is 2.08 bits per heavy atom. The second-order valence-electron chi connectivity index (χ2n) is 2.77. The normalized spacial score (nSPS) is 44.8. The maximum Gasteiger partial charge on any atom is 0.224 e. The predicted octanol–water partition coefficient (Wildman–Crippen LogP) is -3.22. The summed E-state index contributed by atoms with van der Waals surface area (Å²) in [6.45, 7) is -1.02. The van der Waals surface area contributed by atoms with E-state index in [2.05, 4.69) is 4.74 Å². The van der Waals surface area contributed by atoms with Crippen LogP contribution in [-0.4, -0.2) is 62.8 Å². The van der Waals surface area contributed by atoms with Crippen LogP contribution in [0.2, 0.25) is 0 Å². The molecule has 4 atom stereocenters. The van der Waals surface area contributed by atoms with Gasteiger partial charge in [0.05, 0.1) is 13.2 Å². The maximum atomic E-state index is 9.36. The van der Waals surface area contributed by atoms with Gasteiger partial charge in [-0.3, -0.25) is 0 Å². The van der Waals surface area contributed by atoms with Crippen LogP contribution >= 0.6 is 0 Å². The predicted molar refractivity (Wildman–Crippen MR) is 36.0 cm³/mol. The lowest BCUT2D eigenvalue weighted by atomic mass is 10.0. The lowest BCUT2D eigenvalue weighted by Gasteiger charge is -2.29. The van der Waals surface area contributed by atoms with E-state index in [9.17, 15) is 5.11 Å². The minimum Gasteiger partial charge on any atom is -0.393 e. The average molecular weight is 180 g/mol. The molecule has 0 radical (unpaired) electrons. The lowest BCUT2D eigenvalue weighted by Crippen LogP contribution is -2.53. The van der Waals surface area contributed by atoms with Crippen molar-refractivity contribution in [1.82, 2.24) is 0 Å². The van der Waals surface area contributed by atoms with Gasteiger partial charge in [0.15, 0.2) is 0 Å². The van der Waals surface area contributed by atoms with Gasteiger partial charge in [0.25, 0.3) is 0 Å². The minimum atomic E-state index is -2.26. The van der Waals surface area contributed by atoms with E-state index >= 15 is 0 Å². The molecule has 5 N–H and O–H groups in total. The molecule has 1 rings (SSSR count). The first-order valence-electron chi connectivity index (χ1n) is 3.53. The third kappa shape index (κ3) is 1.33. The smallest absolute Gasteiger partial charge is 0.224 e. The highest BCUT2D eigenvalue weighted by molar-refractivity contribution is 4.94. The van der Waals surface area contributed by atoms with Crippen LogP contribution in [0, 0.1) is 0 Å². The molecule has 1 saturated heterocycles. The summed E-state index contributed by atoms with van der Waals surface area (Å²) >= 11 is 0. The summed E-state index contributed by atoms with van der Waals surface area (Å²) in [5.74, 6) is -2.26. The third-order valence-corrected chi connectivity index (χ3v) is 1.92. The first kappa shape index (κ1) is 9.85. The van der Waals surface area contributed by atoms with Crippen LogP contribution in [0.15, 0.2) is 0 Å². The SMILES string of the molecule is OCC(O)[C@@]1(O)OC[C@H](O)[C@H]1O. The molecule has 12 heavy (non-hydrogen) atoms. The number of ether oxygens (including phenoxy) is 1. The Bertz CT molecular complexity index is 162. The lowest BCUT2D eigenvalue weighted by molar-refractivity contribution is -0.271. The van der Waals surface area contributed by atoms with Crippen molar-refractivity contribution in [3.05, 3.63) is 0 Å². The molecule has 1 heterocycles. The maximum absolute atomic E-state index is 9.36. The van der Waals surface area contributed by atoms with Gasteiger partial charge in [-0.05, 0) is 0 Å². The fourth-order valence-corrected chi connectivity index (χ4v) is 1.10. The van der Waals surface area contributed by atoms with E-state index < -0.39 is 30.7 Å². The van der Waals surface area contributed by atoms with Crippen molar-refractivity contribution in [3.63, 3.8) is 0 Å². The van der Waals surface area contributed by atoms with Crippen molar-refractivity contribution in [2.45, 2.75) is 24.1 Å². The number of hydrogen-bond acceptors (Lipinski definition) is 6. The highest BCUT2D eigenvalue weighted by atomic mass is 16.7. The van der Waals surface area contributed by atoms with Crippen molar-refractivity contribution in [2.75, 3.05) is 13.2 Å². The molecule has 0 aliphatic carbocycles. The molecule has 1 unspecified atom stereocenters. The van der Waals surface area contributed by atoms with Crippen LogP contribution in [-0.2, 0) is 4.74 Å². The van der Waals surface area contributed by atoms with Crippen molar-refractivity contribution >= 4 is 0 Å². The summed E-state index contributed by atoms with van der Waals surface area (Å²) in [7, 11) is 0. The molecule has 0 aromatic heterocycles. The molecule has 1 aliphatic heterocycles. The summed E-state index contributed by atoms with van der Waals surface area (Å²) in [6, 6.07) is 0. The van der Waals surface area contributed by atoms with Crippen molar-refractivity contribution in [2.24, 2.45) is 0 Å². The molecule has 0 spiro atoms. The zero-order valence-electron chi connectivity index (χ0n) is 6.29. The van der Waals surface area contributed by atoms with Gasteiger partial charge in [-0.25, -0.2) is 0 Å². The van der Waals surface area contributed by atoms with E-state index in [0.29, 0.717) is 0 Å². The molecule has 0 bridgehead atoms. The number of aliphatic hydroxyl groups is 5. The Hall–Kier alpha value is -0.240. The topological polar surface area (TPSA) is 110 Å². The van der Waals surface area contributed by atoms with Gasteiger partial charge in [0.1, 0.15) is 18.3 Å². The van der Waals surface area contributed by atoms with Gasteiger partial charge >= 0.3 is 0 Å². The molecular weight excluding hydrogens is 168 g/mol. The number of aliphatic hydroxyl groups excluding tert-OH is 4. The van der Waals surface area contributed by atoms with Gasteiger partial charge in [0, 0.05) is 0 Å². The number of rotatable bonds is 2. The zero-order valence-corrected chi connectivity index (χ0v) is 6.29. The standard InChI is InChI=1S/C6H12O6/c7-1-4(9)6(11)5(10)3(8)2-12-6/h3-5,7-11H,1-2H2/t3-,4?,5+,6+/m0/s1. The summed E-state index contributed by atoms with van der Waals surface area (Å²) < 4.78 is 4.56. The quantitative estimate of drug-likeness (QED) is 0.306. The molecule has 0 aromatic rings. The van der Waals surface area contributed by atoms with E-state index in [4.69, 9.17) is 20.4 Å². The largest absolute Gasteiger partial charge is 0.393 e. The van der Waals surface area contributed by atoms with Gasteiger partial charge in [-0.2, -0.15) is 0 Å². The van der Waals surface area contributed by atoms with E-state index in [1.807, 2.05) is 0 Å². The van der Waals surface area contributed by atoms with E-state index in [1.165, 1.54) is 0 Å². The van der Waals surface area contributed by atoms with Crippen LogP contribution in [0.5, 0.6) is 0 Å². The Labute approximate surface area is 68.6 Å². The van der Waals surface area contributed by atoms with Gasteiger partial charge in [-0.1, -0.05) is 0 Å². The summed E-state index contributed by atoms with van der Waals surface area (Å²) in [5.41, 5.74) is 0. The fourth-order valence-electron chi connectivity index (χ4n) is 1.10. The van der Waals surface area contributed by atoms with E-state index in [-0.39, 0.29) is 6.61 Å². The molecule has 1 aliphatic rings. The second kappa shape index (κ2) is 3.25. The molecule has 72 valence electrons. The monoisotopic (exact) mass is 180 g/mol. The zero-order chi connectivity index (χ0) is 9.35. The van der Waals surface area contributed by atoms with Gasteiger partial charge in [0.2, 0.25) is 5.79 Å². The first-order chi connectivity index (χ1) is 5.52. The average Bonchev–Trinajstić information content (AvgIpc) is 2.33. The van der Waals surface area contributed by atoms with Crippen molar-refractivity contribution in [3.8, 4) is 0 Å². The van der Waals surface area contributed by atoms with Crippen LogP contribution in [0.25, 0.3) is 0 Å². The Morgan fingerprint density at radius 3 is 2.42 bits per heavy atom. The Morgan fingerprint density at radius 1 is 1.50 bits per heavy atom. The van der Waals surface area contributed by atoms with Gasteiger partial charge < -0.3 is 30.3 Å². The highest BCUT2D eigenvalue weighted by Crippen LogP contribution is 2.27. The minimum absolute atomic E-state index is 0.269.